The van der Waals surface area contributed by atoms with Gasteiger partial charge in [0.25, 0.3) is 5.91 Å². The van der Waals surface area contributed by atoms with Crippen molar-refractivity contribution in [3.63, 3.8) is 0 Å². The van der Waals surface area contributed by atoms with Crippen molar-refractivity contribution in [1.82, 2.24) is 15.1 Å². The Kier molecular flexibility index (Phi) is 5.19. The van der Waals surface area contributed by atoms with Gasteiger partial charge in [-0.15, -0.1) is 0 Å². The van der Waals surface area contributed by atoms with Crippen LogP contribution in [0.1, 0.15) is 36.5 Å². The van der Waals surface area contributed by atoms with E-state index in [1.807, 2.05) is 6.92 Å². The van der Waals surface area contributed by atoms with Crippen LogP contribution < -0.4 is 5.32 Å². The molecule has 0 unspecified atom stereocenters. The van der Waals surface area contributed by atoms with Crippen molar-refractivity contribution < 1.29 is 14.7 Å². The van der Waals surface area contributed by atoms with E-state index in [1.54, 1.807) is 10.9 Å². The first-order valence-electron chi connectivity index (χ1n) is 5.66. The molecule has 0 spiro atoms. The number of aryl methyl sites for hydroxylation is 1. The maximum Gasteiger partial charge on any atom is 0.303 e. The van der Waals surface area contributed by atoms with E-state index in [-0.39, 0.29) is 12.3 Å². The minimum Gasteiger partial charge on any atom is -0.481 e. The predicted molar refractivity (Wildman–Crippen MR) is 61.7 cm³/mol. The van der Waals surface area contributed by atoms with Gasteiger partial charge >= 0.3 is 5.97 Å². The van der Waals surface area contributed by atoms with E-state index < -0.39 is 5.97 Å². The fourth-order valence-electron chi connectivity index (χ4n) is 1.38. The third kappa shape index (κ3) is 4.67. The third-order valence-corrected chi connectivity index (χ3v) is 2.20. The number of carboxylic acids is 1. The van der Waals surface area contributed by atoms with E-state index in [0.717, 1.165) is 13.0 Å². The summed E-state index contributed by atoms with van der Waals surface area (Å²) in [6.45, 7) is 3.18. The van der Waals surface area contributed by atoms with Crippen molar-refractivity contribution in [3.05, 3.63) is 18.0 Å². The second-order valence-corrected chi connectivity index (χ2v) is 3.75. The minimum absolute atomic E-state index is 0.0649. The molecular weight excluding hydrogens is 222 g/mol. The molecule has 6 nitrogen and oxygen atoms in total. The standard InChI is InChI=1S/C11H17N3O3/c1-2-6-14-8-9(7-13-14)11(17)12-5-3-4-10(15)16/h7-8H,2-6H2,1H3,(H,12,17)(H,15,16). The van der Waals surface area contributed by atoms with Crippen LogP contribution in [0, 0.1) is 0 Å². The Balaban J connectivity index is 2.33. The van der Waals surface area contributed by atoms with Crippen molar-refractivity contribution in [2.24, 2.45) is 0 Å². The van der Waals surface area contributed by atoms with Crippen LogP contribution in [0.4, 0.5) is 0 Å². The molecule has 2 N–H and O–H groups in total. The van der Waals surface area contributed by atoms with E-state index in [1.165, 1.54) is 6.20 Å². The second-order valence-electron chi connectivity index (χ2n) is 3.75. The van der Waals surface area contributed by atoms with Gasteiger partial charge in [-0.25, -0.2) is 0 Å². The Morgan fingerprint density at radius 3 is 2.94 bits per heavy atom. The van der Waals surface area contributed by atoms with E-state index in [0.29, 0.717) is 18.5 Å². The first-order valence-corrected chi connectivity index (χ1v) is 5.66. The van der Waals surface area contributed by atoms with Crippen molar-refractivity contribution >= 4 is 11.9 Å². The molecule has 0 aromatic carbocycles. The van der Waals surface area contributed by atoms with Gasteiger partial charge in [0.15, 0.2) is 0 Å². The van der Waals surface area contributed by atoms with E-state index in [9.17, 15) is 9.59 Å². The van der Waals surface area contributed by atoms with Crippen molar-refractivity contribution in [3.8, 4) is 0 Å². The van der Waals surface area contributed by atoms with Crippen LogP contribution in [0.5, 0.6) is 0 Å². The molecular formula is C11H17N3O3. The van der Waals surface area contributed by atoms with Gasteiger partial charge in [0.05, 0.1) is 11.8 Å². The molecule has 1 aromatic heterocycles. The average Bonchev–Trinajstić information content (AvgIpc) is 2.73. The number of aromatic nitrogens is 2. The quantitative estimate of drug-likeness (QED) is 0.692. The molecule has 0 radical (unpaired) electrons. The summed E-state index contributed by atoms with van der Waals surface area (Å²) in [6.07, 6.45) is 4.67. The molecule has 94 valence electrons. The Hall–Kier alpha value is -1.85. The molecule has 0 aliphatic carbocycles. The van der Waals surface area contributed by atoms with Crippen LogP contribution in [0.25, 0.3) is 0 Å². The van der Waals surface area contributed by atoms with Crippen LogP contribution in [0.15, 0.2) is 12.4 Å². The summed E-state index contributed by atoms with van der Waals surface area (Å²) < 4.78 is 1.71. The number of hydrogen-bond donors (Lipinski definition) is 2. The van der Waals surface area contributed by atoms with E-state index >= 15 is 0 Å². The fourth-order valence-corrected chi connectivity index (χ4v) is 1.38. The molecule has 0 aliphatic heterocycles. The van der Waals surface area contributed by atoms with Crippen LogP contribution >= 0.6 is 0 Å². The zero-order chi connectivity index (χ0) is 12.7. The molecule has 0 atom stereocenters. The van der Waals surface area contributed by atoms with Crippen LogP contribution in [-0.2, 0) is 11.3 Å². The number of nitrogens with one attached hydrogen (secondary N) is 1. The number of carbonyl (C=O) groups is 2. The third-order valence-electron chi connectivity index (χ3n) is 2.20. The number of carboxylic acid groups (broad SMARTS) is 1. The van der Waals surface area contributed by atoms with Gasteiger partial charge in [0.2, 0.25) is 0 Å². The Labute approximate surface area is 99.6 Å². The molecule has 1 amide bonds. The van der Waals surface area contributed by atoms with Crippen LogP contribution in [-0.4, -0.2) is 33.3 Å². The molecule has 6 heteroatoms. The molecule has 0 fully saturated rings. The highest BCUT2D eigenvalue weighted by molar-refractivity contribution is 5.93. The number of rotatable bonds is 7. The molecule has 1 rings (SSSR count). The SMILES string of the molecule is CCCn1cc(C(=O)NCCCC(=O)O)cn1. The monoisotopic (exact) mass is 239 g/mol. The van der Waals surface area contributed by atoms with Gasteiger partial charge in [0.1, 0.15) is 0 Å². The Bertz CT molecular complexity index is 387. The van der Waals surface area contributed by atoms with Gasteiger partial charge < -0.3 is 10.4 Å². The number of carbonyl (C=O) groups excluding carboxylic acids is 1. The topological polar surface area (TPSA) is 84.2 Å². The molecule has 0 saturated carbocycles. The maximum absolute atomic E-state index is 11.6. The summed E-state index contributed by atoms with van der Waals surface area (Å²) in [5.74, 6) is -1.06. The van der Waals surface area contributed by atoms with Crippen molar-refractivity contribution in [2.75, 3.05) is 6.54 Å². The summed E-state index contributed by atoms with van der Waals surface area (Å²) >= 11 is 0. The van der Waals surface area contributed by atoms with E-state index in [4.69, 9.17) is 5.11 Å². The first-order chi connectivity index (χ1) is 8.13. The molecule has 0 bridgehead atoms. The van der Waals surface area contributed by atoms with Crippen LogP contribution in [0.2, 0.25) is 0 Å². The predicted octanol–water partition coefficient (Wildman–Crippen LogP) is 0.888. The lowest BCUT2D eigenvalue weighted by atomic mass is 10.3. The molecule has 0 aliphatic rings. The molecule has 1 aromatic rings. The smallest absolute Gasteiger partial charge is 0.303 e. The first kappa shape index (κ1) is 13.2. The van der Waals surface area contributed by atoms with Gasteiger partial charge in [-0.3, -0.25) is 14.3 Å². The van der Waals surface area contributed by atoms with Crippen molar-refractivity contribution in [2.45, 2.75) is 32.7 Å². The number of hydrogen-bond acceptors (Lipinski definition) is 3. The number of aliphatic carboxylic acids is 1. The lowest BCUT2D eigenvalue weighted by Crippen LogP contribution is -2.24. The lowest BCUT2D eigenvalue weighted by molar-refractivity contribution is -0.137. The molecule has 0 saturated heterocycles. The summed E-state index contributed by atoms with van der Waals surface area (Å²) in [7, 11) is 0. The molecule has 17 heavy (non-hydrogen) atoms. The molecule has 1 heterocycles. The zero-order valence-electron chi connectivity index (χ0n) is 9.85. The Morgan fingerprint density at radius 2 is 2.29 bits per heavy atom. The normalized spacial score (nSPS) is 10.2. The summed E-state index contributed by atoms with van der Waals surface area (Å²) in [6, 6.07) is 0. The van der Waals surface area contributed by atoms with Crippen LogP contribution in [0.3, 0.4) is 0 Å². The highest BCUT2D eigenvalue weighted by Gasteiger charge is 2.07. The van der Waals surface area contributed by atoms with Gasteiger partial charge in [-0.1, -0.05) is 6.92 Å². The zero-order valence-corrected chi connectivity index (χ0v) is 9.85. The summed E-state index contributed by atoms with van der Waals surface area (Å²) in [4.78, 5) is 21.9. The van der Waals surface area contributed by atoms with Gasteiger partial charge in [-0.2, -0.15) is 5.10 Å². The second kappa shape index (κ2) is 6.67. The highest BCUT2D eigenvalue weighted by Crippen LogP contribution is 1.99. The highest BCUT2D eigenvalue weighted by atomic mass is 16.4. The van der Waals surface area contributed by atoms with E-state index in [2.05, 4.69) is 10.4 Å². The number of nitrogens with zero attached hydrogens (tertiary/aromatic N) is 2. The summed E-state index contributed by atoms with van der Waals surface area (Å²) in [5.41, 5.74) is 0.508. The van der Waals surface area contributed by atoms with Gasteiger partial charge in [-0.05, 0) is 12.8 Å². The summed E-state index contributed by atoms with van der Waals surface area (Å²) in [5, 5.41) is 15.1. The van der Waals surface area contributed by atoms with Crippen molar-refractivity contribution in [1.29, 1.82) is 0 Å². The van der Waals surface area contributed by atoms with Gasteiger partial charge in [0, 0.05) is 25.7 Å². The fraction of sp³-hybridized carbons (Fsp3) is 0.545. The minimum atomic E-state index is -0.852. The largest absolute Gasteiger partial charge is 0.481 e. The number of amides is 1. The lowest BCUT2D eigenvalue weighted by Gasteiger charge is -2.01. The average molecular weight is 239 g/mol. The maximum atomic E-state index is 11.6. The Morgan fingerprint density at radius 1 is 1.53 bits per heavy atom.